The van der Waals surface area contributed by atoms with Gasteiger partial charge in [0.15, 0.2) is 5.95 Å². The van der Waals surface area contributed by atoms with Crippen molar-refractivity contribution in [1.29, 1.82) is 0 Å². The Balaban J connectivity index is 0.00000242. The Morgan fingerprint density at radius 3 is 2.82 bits per heavy atom. The number of hydrogen-bond donors (Lipinski definition) is 3. The van der Waals surface area contributed by atoms with Gasteiger partial charge >= 0.3 is 0 Å². The number of imidazole rings is 1. The Morgan fingerprint density at radius 2 is 2.14 bits per heavy atom. The lowest BCUT2D eigenvalue weighted by Gasteiger charge is -2.06. The zero-order valence-corrected chi connectivity index (χ0v) is 13.6. The molecule has 0 saturated heterocycles. The molecule has 2 aromatic rings. The number of aromatic amines is 1. The van der Waals surface area contributed by atoms with E-state index in [1.807, 2.05) is 24.3 Å². The molecule has 0 atom stereocenters. The van der Waals surface area contributed by atoms with Crippen molar-refractivity contribution in [3.8, 4) is 11.3 Å². The third kappa shape index (κ3) is 5.41. The van der Waals surface area contributed by atoms with E-state index in [1.54, 1.807) is 6.20 Å². The van der Waals surface area contributed by atoms with Gasteiger partial charge in [-0.15, -0.1) is 12.4 Å². The summed E-state index contributed by atoms with van der Waals surface area (Å²) in [6.45, 7) is 2.16. The van der Waals surface area contributed by atoms with Crippen molar-refractivity contribution in [3.05, 3.63) is 30.5 Å². The predicted molar refractivity (Wildman–Crippen MR) is 93.1 cm³/mol. The molecule has 0 fully saturated rings. The molecular formula is C16H23ClN4O. The van der Waals surface area contributed by atoms with Crippen LogP contribution in [0.3, 0.4) is 0 Å². The molecule has 4 N–H and O–H groups in total. The van der Waals surface area contributed by atoms with Crippen LogP contribution in [0.15, 0.2) is 30.5 Å². The average molecular weight is 323 g/mol. The van der Waals surface area contributed by atoms with Crippen molar-refractivity contribution in [2.45, 2.75) is 39.0 Å². The molecule has 1 heterocycles. The minimum atomic E-state index is 0. The minimum absolute atomic E-state index is 0. The van der Waals surface area contributed by atoms with Crippen LogP contribution >= 0.6 is 12.4 Å². The fraction of sp³-hybridized carbons (Fsp3) is 0.375. The van der Waals surface area contributed by atoms with Crippen molar-refractivity contribution in [1.82, 2.24) is 9.97 Å². The Bertz CT molecular complexity index is 597. The monoisotopic (exact) mass is 322 g/mol. The van der Waals surface area contributed by atoms with Crippen LogP contribution < -0.4 is 11.1 Å². The summed E-state index contributed by atoms with van der Waals surface area (Å²) < 4.78 is 0. The fourth-order valence-electron chi connectivity index (χ4n) is 2.18. The first-order chi connectivity index (χ1) is 10.2. The van der Waals surface area contributed by atoms with E-state index in [0.29, 0.717) is 12.4 Å². The zero-order chi connectivity index (χ0) is 15.1. The van der Waals surface area contributed by atoms with E-state index in [4.69, 9.17) is 5.73 Å². The molecule has 1 amide bonds. The number of nitrogens with two attached hydrogens (primary N) is 1. The van der Waals surface area contributed by atoms with Crippen LogP contribution in [-0.4, -0.2) is 15.9 Å². The van der Waals surface area contributed by atoms with Gasteiger partial charge in [0.25, 0.3) is 0 Å². The molecule has 0 saturated carbocycles. The molecule has 0 unspecified atom stereocenters. The lowest BCUT2D eigenvalue weighted by Crippen LogP contribution is -2.11. The molecule has 120 valence electrons. The van der Waals surface area contributed by atoms with E-state index >= 15 is 0 Å². The van der Waals surface area contributed by atoms with Gasteiger partial charge in [-0.25, -0.2) is 4.98 Å². The van der Waals surface area contributed by atoms with Gasteiger partial charge in [-0.05, 0) is 18.6 Å². The van der Waals surface area contributed by atoms with Crippen LogP contribution in [-0.2, 0) is 4.79 Å². The number of nitrogens with one attached hydrogen (secondary N) is 2. The van der Waals surface area contributed by atoms with Gasteiger partial charge in [0.05, 0.1) is 11.9 Å². The van der Waals surface area contributed by atoms with Crippen LogP contribution in [0.25, 0.3) is 11.3 Å². The second kappa shape index (κ2) is 9.10. The molecule has 0 bridgehead atoms. The first kappa shape index (κ1) is 18.0. The first-order valence-electron chi connectivity index (χ1n) is 7.40. The summed E-state index contributed by atoms with van der Waals surface area (Å²) in [6.07, 6.45) is 6.66. The summed E-state index contributed by atoms with van der Waals surface area (Å²) in [5, 5.41) is 2.93. The summed E-state index contributed by atoms with van der Waals surface area (Å²) in [5.74, 6) is 0.447. The smallest absolute Gasteiger partial charge is 0.224 e. The van der Waals surface area contributed by atoms with E-state index in [2.05, 4.69) is 22.2 Å². The van der Waals surface area contributed by atoms with Gasteiger partial charge in [0.2, 0.25) is 5.91 Å². The number of carbonyl (C=O) groups excluding carboxylic acids is 1. The second-order valence-corrected chi connectivity index (χ2v) is 5.12. The summed E-state index contributed by atoms with van der Waals surface area (Å²) in [5.41, 5.74) is 8.16. The summed E-state index contributed by atoms with van der Waals surface area (Å²) in [4.78, 5) is 18.8. The molecule has 1 aromatic carbocycles. The van der Waals surface area contributed by atoms with Gasteiger partial charge in [0.1, 0.15) is 0 Å². The number of nitrogen functional groups attached to an aromatic ring is 1. The second-order valence-electron chi connectivity index (χ2n) is 5.12. The van der Waals surface area contributed by atoms with Crippen LogP contribution in [0.5, 0.6) is 0 Å². The van der Waals surface area contributed by atoms with E-state index < -0.39 is 0 Å². The minimum Gasteiger partial charge on any atom is -0.369 e. The van der Waals surface area contributed by atoms with Gasteiger partial charge in [0, 0.05) is 17.7 Å². The van der Waals surface area contributed by atoms with Crippen molar-refractivity contribution in [3.63, 3.8) is 0 Å². The number of aromatic nitrogens is 2. The van der Waals surface area contributed by atoms with Gasteiger partial charge in [-0.1, -0.05) is 38.3 Å². The highest BCUT2D eigenvalue weighted by atomic mass is 35.5. The maximum absolute atomic E-state index is 11.9. The number of nitrogens with zero attached hydrogens (tertiary/aromatic N) is 1. The van der Waals surface area contributed by atoms with E-state index in [9.17, 15) is 4.79 Å². The number of anilines is 2. The molecule has 22 heavy (non-hydrogen) atoms. The molecule has 0 aliphatic heterocycles. The molecule has 1 aromatic heterocycles. The predicted octanol–water partition coefficient (Wildman–Crippen LogP) is 3.99. The highest BCUT2D eigenvalue weighted by Crippen LogP contribution is 2.21. The largest absolute Gasteiger partial charge is 0.369 e. The van der Waals surface area contributed by atoms with Crippen LogP contribution in [0.4, 0.5) is 11.6 Å². The Morgan fingerprint density at radius 1 is 1.32 bits per heavy atom. The van der Waals surface area contributed by atoms with Gasteiger partial charge in [-0.2, -0.15) is 0 Å². The molecule has 5 nitrogen and oxygen atoms in total. The molecule has 2 rings (SSSR count). The van der Waals surface area contributed by atoms with Crippen molar-refractivity contribution >= 4 is 29.9 Å². The van der Waals surface area contributed by atoms with E-state index in [1.165, 1.54) is 12.8 Å². The lowest BCUT2D eigenvalue weighted by atomic mass is 10.1. The summed E-state index contributed by atoms with van der Waals surface area (Å²) >= 11 is 0. The maximum atomic E-state index is 11.9. The van der Waals surface area contributed by atoms with Crippen molar-refractivity contribution in [2.24, 2.45) is 0 Å². The van der Waals surface area contributed by atoms with Gasteiger partial charge in [-0.3, -0.25) is 4.79 Å². The third-order valence-corrected chi connectivity index (χ3v) is 3.31. The first-order valence-corrected chi connectivity index (χ1v) is 7.40. The Kier molecular flexibility index (Phi) is 7.46. The van der Waals surface area contributed by atoms with E-state index in [-0.39, 0.29) is 18.3 Å². The van der Waals surface area contributed by atoms with Crippen LogP contribution in [0, 0.1) is 0 Å². The summed E-state index contributed by atoms with van der Waals surface area (Å²) in [6, 6.07) is 7.65. The third-order valence-electron chi connectivity index (χ3n) is 3.31. The number of carbonyl (C=O) groups is 1. The standard InChI is InChI=1S/C16H22N4O.ClH/c1-2-3-4-5-9-15(21)19-13-8-6-7-12(10-13)14-11-18-16(17)20-14;/h6-8,10-11H,2-5,9H2,1H3,(H,19,21)(H3,17,18,20);1H. The van der Waals surface area contributed by atoms with Crippen molar-refractivity contribution in [2.75, 3.05) is 11.1 Å². The normalized spacial score (nSPS) is 10.0. The number of H-pyrrole nitrogens is 1. The van der Waals surface area contributed by atoms with Crippen LogP contribution in [0.1, 0.15) is 39.0 Å². The van der Waals surface area contributed by atoms with Crippen molar-refractivity contribution < 1.29 is 4.79 Å². The SMILES string of the molecule is CCCCCCC(=O)Nc1cccc(-c2cnc(N)[nH]2)c1.Cl. The number of benzene rings is 1. The molecule has 0 radical (unpaired) electrons. The fourth-order valence-corrected chi connectivity index (χ4v) is 2.18. The number of rotatable bonds is 7. The molecule has 6 heteroatoms. The Labute approximate surface area is 137 Å². The van der Waals surface area contributed by atoms with Gasteiger partial charge < -0.3 is 16.0 Å². The summed E-state index contributed by atoms with van der Waals surface area (Å²) in [7, 11) is 0. The number of halogens is 1. The maximum Gasteiger partial charge on any atom is 0.224 e. The average Bonchev–Trinajstić information content (AvgIpc) is 2.91. The topological polar surface area (TPSA) is 83.8 Å². The number of hydrogen-bond acceptors (Lipinski definition) is 3. The van der Waals surface area contributed by atoms with E-state index in [0.717, 1.165) is 29.8 Å². The van der Waals surface area contributed by atoms with Crippen LogP contribution in [0.2, 0.25) is 0 Å². The highest BCUT2D eigenvalue weighted by Gasteiger charge is 2.05. The lowest BCUT2D eigenvalue weighted by molar-refractivity contribution is -0.116. The quantitative estimate of drug-likeness (QED) is 0.674. The molecular weight excluding hydrogens is 300 g/mol. The molecule has 0 spiro atoms. The highest BCUT2D eigenvalue weighted by molar-refractivity contribution is 5.91. The molecule has 0 aliphatic carbocycles. The Hall–Kier alpha value is -2.01. The number of amides is 1. The molecule has 0 aliphatic rings. The zero-order valence-electron chi connectivity index (χ0n) is 12.8. The number of unbranched alkanes of at least 4 members (excludes halogenated alkanes) is 3.